The van der Waals surface area contributed by atoms with Crippen molar-refractivity contribution in [2.75, 3.05) is 32.7 Å². The number of benzene rings is 1. The van der Waals surface area contributed by atoms with E-state index in [1.807, 2.05) is 0 Å². The molecule has 1 saturated carbocycles. The van der Waals surface area contributed by atoms with Gasteiger partial charge in [-0.15, -0.1) is 0 Å². The summed E-state index contributed by atoms with van der Waals surface area (Å²) in [4.78, 5) is 29.1. The maximum absolute atomic E-state index is 12.9. The second-order valence-electron chi connectivity index (χ2n) is 7.51. The molecule has 0 bridgehead atoms. The Morgan fingerprint density at radius 3 is 2.15 bits per heavy atom. The third kappa shape index (κ3) is 3.60. The maximum Gasteiger partial charge on any atom is 0.245 e. The van der Waals surface area contributed by atoms with Gasteiger partial charge in [0.25, 0.3) is 0 Å². The van der Waals surface area contributed by atoms with E-state index in [4.69, 9.17) is 0 Å². The molecule has 1 unspecified atom stereocenters. The van der Waals surface area contributed by atoms with E-state index in [1.54, 1.807) is 40.1 Å². The highest BCUT2D eigenvalue weighted by molar-refractivity contribution is 7.89. The second kappa shape index (κ2) is 7.24. The molecule has 27 heavy (non-hydrogen) atoms. The van der Waals surface area contributed by atoms with Crippen molar-refractivity contribution in [2.24, 2.45) is 5.92 Å². The summed E-state index contributed by atoms with van der Waals surface area (Å²) >= 11 is 0. The molecule has 1 aromatic carbocycles. The highest BCUT2D eigenvalue weighted by Gasteiger charge is 2.42. The fourth-order valence-corrected chi connectivity index (χ4v) is 5.40. The minimum Gasteiger partial charge on any atom is -0.338 e. The van der Waals surface area contributed by atoms with Crippen LogP contribution in [0.25, 0.3) is 0 Å². The lowest BCUT2D eigenvalue weighted by atomic mass is 10.1. The van der Waals surface area contributed by atoms with Gasteiger partial charge in [0.15, 0.2) is 0 Å². The summed E-state index contributed by atoms with van der Waals surface area (Å²) in [6.45, 7) is 1.96. The fourth-order valence-electron chi connectivity index (χ4n) is 3.95. The van der Waals surface area contributed by atoms with Crippen LogP contribution < -0.4 is 0 Å². The quantitative estimate of drug-likeness (QED) is 0.765. The monoisotopic (exact) mass is 391 g/mol. The topological polar surface area (TPSA) is 78.0 Å². The van der Waals surface area contributed by atoms with Crippen LogP contribution in [0.1, 0.15) is 25.7 Å². The molecule has 0 aromatic heterocycles. The van der Waals surface area contributed by atoms with Crippen molar-refractivity contribution in [1.29, 1.82) is 0 Å². The summed E-state index contributed by atoms with van der Waals surface area (Å²) in [7, 11) is -3.53. The number of rotatable bonds is 4. The number of piperazine rings is 1. The summed E-state index contributed by atoms with van der Waals surface area (Å²) in [5.74, 6) is 0.209. The summed E-state index contributed by atoms with van der Waals surface area (Å²) in [5.41, 5.74) is 0. The van der Waals surface area contributed by atoms with Gasteiger partial charge in [-0.1, -0.05) is 18.2 Å². The molecular weight excluding hydrogens is 366 g/mol. The Morgan fingerprint density at radius 2 is 1.52 bits per heavy atom. The largest absolute Gasteiger partial charge is 0.338 e. The minimum atomic E-state index is -3.53. The molecule has 146 valence electrons. The lowest BCUT2D eigenvalue weighted by molar-refractivity contribution is -0.145. The van der Waals surface area contributed by atoms with Crippen LogP contribution in [0, 0.1) is 5.92 Å². The number of sulfonamides is 1. The Labute approximate surface area is 160 Å². The summed E-state index contributed by atoms with van der Waals surface area (Å²) in [6.07, 6.45) is 3.44. The molecule has 3 fully saturated rings. The van der Waals surface area contributed by atoms with E-state index < -0.39 is 10.0 Å². The minimum absolute atomic E-state index is 0.0294. The van der Waals surface area contributed by atoms with Gasteiger partial charge in [-0.2, -0.15) is 4.31 Å². The zero-order valence-corrected chi connectivity index (χ0v) is 16.1. The van der Waals surface area contributed by atoms with E-state index in [1.165, 1.54) is 4.31 Å². The summed E-state index contributed by atoms with van der Waals surface area (Å²) < 4.78 is 26.9. The number of carbonyl (C=O) groups excluding carboxylic acids is 2. The van der Waals surface area contributed by atoms with E-state index in [9.17, 15) is 18.0 Å². The lowest BCUT2D eigenvalue weighted by Gasteiger charge is -2.36. The Hall–Kier alpha value is -1.93. The molecule has 2 heterocycles. The van der Waals surface area contributed by atoms with Crippen molar-refractivity contribution >= 4 is 21.8 Å². The third-order valence-electron chi connectivity index (χ3n) is 5.68. The highest BCUT2D eigenvalue weighted by atomic mass is 32.2. The van der Waals surface area contributed by atoms with Crippen LogP contribution >= 0.6 is 0 Å². The van der Waals surface area contributed by atoms with Crippen LogP contribution in [0.3, 0.4) is 0 Å². The number of hydrogen-bond acceptors (Lipinski definition) is 4. The average molecular weight is 391 g/mol. The number of nitrogens with zero attached hydrogens (tertiary/aromatic N) is 3. The predicted molar refractivity (Wildman–Crippen MR) is 99.2 cm³/mol. The van der Waals surface area contributed by atoms with Crippen molar-refractivity contribution in [3.8, 4) is 0 Å². The van der Waals surface area contributed by atoms with E-state index in [2.05, 4.69) is 0 Å². The van der Waals surface area contributed by atoms with Gasteiger partial charge in [-0.05, 0) is 37.8 Å². The van der Waals surface area contributed by atoms with Crippen molar-refractivity contribution in [3.63, 3.8) is 0 Å². The normalized spacial score (nSPS) is 24.2. The van der Waals surface area contributed by atoms with Crippen molar-refractivity contribution in [2.45, 2.75) is 36.6 Å². The van der Waals surface area contributed by atoms with E-state index in [-0.39, 0.29) is 41.8 Å². The van der Waals surface area contributed by atoms with Gasteiger partial charge < -0.3 is 9.80 Å². The van der Waals surface area contributed by atoms with Gasteiger partial charge in [-0.25, -0.2) is 8.42 Å². The Bertz CT molecular complexity index is 815. The zero-order chi connectivity index (χ0) is 19.0. The van der Waals surface area contributed by atoms with Crippen LogP contribution in [0.4, 0.5) is 0 Å². The Morgan fingerprint density at radius 1 is 0.852 bits per heavy atom. The number of amides is 2. The van der Waals surface area contributed by atoms with Crippen LogP contribution in [0.5, 0.6) is 0 Å². The van der Waals surface area contributed by atoms with Crippen LogP contribution in [0.2, 0.25) is 0 Å². The summed E-state index contributed by atoms with van der Waals surface area (Å²) in [6, 6.07) is 8.01. The molecule has 0 N–H and O–H groups in total. The number of likely N-dealkylation sites (tertiary alicyclic amines) is 1. The van der Waals surface area contributed by atoms with Crippen molar-refractivity contribution < 1.29 is 18.0 Å². The molecular formula is C19H25N3O4S. The van der Waals surface area contributed by atoms with Crippen molar-refractivity contribution in [1.82, 2.24) is 14.1 Å². The number of hydrogen-bond donors (Lipinski definition) is 0. The van der Waals surface area contributed by atoms with Gasteiger partial charge in [0.2, 0.25) is 21.8 Å². The van der Waals surface area contributed by atoms with E-state index in [0.717, 1.165) is 19.3 Å². The first-order valence-corrected chi connectivity index (χ1v) is 11.1. The fraction of sp³-hybridized carbons (Fsp3) is 0.579. The first kappa shape index (κ1) is 18.4. The van der Waals surface area contributed by atoms with Crippen LogP contribution in [-0.2, 0) is 19.6 Å². The van der Waals surface area contributed by atoms with Gasteiger partial charge in [0.1, 0.15) is 6.04 Å². The van der Waals surface area contributed by atoms with Gasteiger partial charge in [0, 0.05) is 38.6 Å². The molecule has 7 nitrogen and oxygen atoms in total. The van der Waals surface area contributed by atoms with Gasteiger partial charge in [0.05, 0.1) is 4.90 Å². The number of carbonyl (C=O) groups is 2. The van der Waals surface area contributed by atoms with Crippen LogP contribution in [0.15, 0.2) is 35.2 Å². The molecule has 1 atom stereocenters. The molecule has 2 aliphatic heterocycles. The smallest absolute Gasteiger partial charge is 0.245 e. The molecule has 4 rings (SSSR count). The SMILES string of the molecule is O=C(C1CCCN1C(=O)C1CC1)N1CCN(S(=O)(=O)c2ccccc2)CC1. The molecule has 0 spiro atoms. The van der Waals surface area contributed by atoms with Gasteiger partial charge in [-0.3, -0.25) is 9.59 Å². The Balaban J connectivity index is 1.39. The lowest BCUT2D eigenvalue weighted by Crippen LogP contribution is -2.55. The van der Waals surface area contributed by atoms with Crippen molar-refractivity contribution in [3.05, 3.63) is 30.3 Å². The first-order chi connectivity index (χ1) is 13.0. The standard InChI is InChI=1S/C19H25N3O4S/c23-18(15-8-9-15)22-10-4-7-17(22)19(24)20-11-13-21(14-12-20)27(25,26)16-5-2-1-3-6-16/h1-3,5-6,15,17H,4,7-14H2. The first-order valence-electron chi connectivity index (χ1n) is 9.63. The predicted octanol–water partition coefficient (Wildman–Crippen LogP) is 0.920. The maximum atomic E-state index is 12.9. The second-order valence-corrected chi connectivity index (χ2v) is 9.44. The highest BCUT2D eigenvalue weighted by Crippen LogP contribution is 2.34. The van der Waals surface area contributed by atoms with Gasteiger partial charge >= 0.3 is 0 Å². The molecule has 1 aromatic rings. The average Bonchev–Trinajstić information content (AvgIpc) is 3.44. The van der Waals surface area contributed by atoms with E-state index in [0.29, 0.717) is 26.1 Å². The third-order valence-corrected chi connectivity index (χ3v) is 7.59. The molecule has 2 amide bonds. The molecule has 1 aliphatic carbocycles. The zero-order valence-electron chi connectivity index (χ0n) is 15.3. The molecule has 0 radical (unpaired) electrons. The molecule has 3 aliphatic rings. The molecule has 8 heteroatoms. The Kier molecular flexibility index (Phi) is 4.94. The molecule has 2 saturated heterocycles. The van der Waals surface area contributed by atoms with Crippen LogP contribution in [-0.4, -0.2) is 73.1 Å². The van der Waals surface area contributed by atoms with E-state index >= 15 is 0 Å². The summed E-state index contributed by atoms with van der Waals surface area (Å²) in [5, 5.41) is 0.